The Morgan fingerprint density at radius 1 is 1.34 bits per heavy atom. The normalized spacial score (nSPS) is 21.1. The number of aliphatic hydroxyl groups is 1. The number of ether oxygens (including phenoxy) is 3. The molecule has 0 bridgehead atoms. The summed E-state index contributed by atoms with van der Waals surface area (Å²) < 4.78 is 21.9. The summed E-state index contributed by atoms with van der Waals surface area (Å²) in [6, 6.07) is 1.36. The van der Waals surface area contributed by atoms with E-state index in [2.05, 4.69) is 10.1 Å². The van der Waals surface area contributed by atoms with Crippen molar-refractivity contribution in [3.63, 3.8) is 0 Å². The maximum absolute atomic E-state index is 12.3. The second-order valence-electron chi connectivity index (χ2n) is 6.36. The summed E-state index contributed by atoms with van der Waals surface area (Å²) in [5.74, 6) is -0.945. The quantitative estimate of drug-likeness (QED) is 0.593. The predicted octanol–water partition coefficient (Wildman–Crippen LogP) is -0.534. The van der Waals surface area contributed by atoms with E-state index in [4.69, 9.17) is 23.8 Å². The molecule has 1 fully saturated rings. The molecule has 3 rings (SSSR count). The van der Waals surface area contributed by atoms with Gasteiger partial charge in [-0.15, -0.1) is 0 Å². The number of carbonyl (C=O) groups is 2. The average molecular weight is 409 g/mol. The first kappa shape index (κ1) is 20.5. The maximum atomic E-state index is 12.3. The Balaban J connectivity index is 1.91. The van der Waals surface area contributed by atoms with Gasteiger partial charge in [0.25, 0.3) is 5.56 Å². The van der Waals surface area contributed by atoms with Crippen molar-refractivity contribution in [3.05, 3.63) is 38.9 Å². The zero-order valence-electron chi connectivity index (χ0n) is 15.6. The summed E-state index contributed by atoms with van der Waals surface area (Å²) in [5.41, 5.74) is -1.31. The summed E-state index contributed by atoms with van der Waals surface area (Å²) in [5, 5.41) is 12.8. The van der Waals surface area contributed by atoms with E-state index in [-0.39, 0.29) is 30.0 Å². The number of hydrogen-bond acceptors (Lipinski definition) is 10. The number of aromatic amines is 1. The molecule has 29 heavy (non-hydrogen) atoms. The van der Waals surface area contributed by atoms with Crippen LogP contribution in [0.4, 0.5) is 0 Å². The van der Waals surface area contributed by atoms with Crippen molar-refractivity contribution in [3.8, 4) is 11.3 Å². The summed E-state index contributed by atoms with van der Waals surface area (Å²) in [6.45, 7) is 1.88. The lowest BCUT2D eigenvalue weighted by molar-refractivity contribution is -0.155. The van der Waals surface area contributed by atoms with Gasteiger partial charge in [0.05, 0.1) is 5.56 Å². The number of H-pyrrole nitrogens is 1. The molecule has 1 aliphatic heterocycles. The van der Waals surface area contributed by atoms with Crippen LogP contribution in [0.25, 0.3) is 11.3 Å². The van der Waals surface area contributed by atoms with E-state index < -0.39 is 48.2 Å². The number of hydrogen-bond donors (Lipinski definition) is 2. The Hall–Kier alpha value is -3.25. The van der Waals surface area contributed by atoms with Gasteiger partial charge in [0.2, 0.25) is 0 Å². The number of aromatic nitrogens is 3. The molecule has 156 valence electrons. The summed E-state index contributed by atoms with van der Waals surface area (Å²) in [7, 11) is 0. The van der Waals surface area contributed by atoms with E-state index in [1.54, 1.807) is 0 Å². The fourth-order valence-electron chi connectivity index (χ4n) is 2.95. The fourth-order valence-corrected chi connectivity index (χ4v) is 2.95. The van der Waals surface area contributed by atoms with Crippen LogP contribution in [0.2, 0.25) is 0 Å². The number of nitrogens with one attached hydrogen (secondary N) is 1. The minimum atomic E-state index is -0.896. The van der Waals surface area contributed by atoms with Crippen molar-refractivity contribution in [2.75, 3.05) is 6.61 Å². The topological polar surface area (TPSA) is 163 Å². The van der Waals surface area contributed by atoms with Gasteiger partial charge in [-0.2, -0.15) is 0 Å². The lowest BCUT2D eigenvalue weighted by Crippen LogP contribution is -2.33. The van der Waals surface area contributed by atoms with Gasteiger partial charge in [-0.25, -0.2) is 4.79 Å². The molecule has 0 amide bonds. The second kappa shape index (κ2) is 8.41. The van der Waals surface area contributed by atoms with Crippen LogP contribution in [0.3, 0.4) is 0 Å². The Bertz CT molecular complexity index is 1020. The molecule has 1 aliphatic rings. The van der Waals surface area contributed by atoms with Crippen LogP contribution < -0.4 is 11.2 Å². The average Bonchev–Trinajstić information content (AvgIpc) is 3.26. The van der Waals surface area contributed by atoms with Crippen LogP contribution in [0.1, 0.15) is 32.3 Å². The largest absolute Gasteiger partial charge is 0.463 e. The van der Waals surface area contributed by atoms with Crippen molar-refractivity contribution in [1.82, 2.24) is 14.7 Å². The number of nitrogens with zero attached hydrogens (tertiary/aromatic N) is 2. The van der Waals surface area contributed by atoms with Crippen molar-refractivity contribution < 1.29 is 33.4 Å². The molecule has 0 aliphatic carbocycles. The van der Waals surface area contributed by atoms with Crippen LogP contribution in [0, 0.1) is 0 Å². The first-order valence-corrected chi connectivity index (χ1v) is 8.66. The highest BCUT2D eigenvalue weighted by atomic mass is 16.6. The third-order valence-corrected chi connectivity index (χ3v) is 4.22. The molecule has 2 aromatic rings. The van der Waals surface area contributed by atoms with Gasteiger partial charge < -0.3 is 23.8 Å². The van der Waals surface area contributed by atoms with Crippen LogP contribution in [0.5, 0.6) is 0 Å². The van der Waals surface area contributed by atoms with Gasteiger partial charge in [-0.3, -0.25) is 23.9 Å². The number of esters is 2. The lowest BCUT2D eigenvalue weighted by atomic mass is 10.2. The molecular formula is C17H19N3O9. The molecule has 0 spiro atoms. The minimum Gasteiger partial charge on any atom is -0.463 e. The van der Waals surface area contributed by atoms with E-state index in [1.165, 1.54) is 26.1 Å². The smallest absolute Gasteiger partial charge is 0.330 e. The Morgan fingerprint density at radius 2 is 2.10 bits per heavy atom. The third-order valence-electron chi connectivity index (χ3n) is 4.22. The molecule has 3 heterocycles. The summed E-state index contributed by atoms with van der Waals surface area (Å²) in [4.78, 5) is 49.1. The van der Waals surface area contributed by atoms with Gasteiger partial charge in [0.1, 0.15) is 37.3 Å². The van der Waals surface area contributed by atoms with E-state index in [1.807, 2.05) is 0 Å². The van der Waals surface area contributed by atoms with Crippen LogP contribution in [0.15, 0.2) is 26.4 Å². The molecular weight excluding hydrogens is 390 g/mol. The molecule has 12 heteroatoms. The van der Waals surface area contributed by atoms with E-state index >= 15 is 0 Å². The molecule has 1 saturated heterocycles. The van der Waals surface area contributed by atoms with Gasteiger partial charge in [-0.1, -0.05) is 5.16 Å². The molecule has 0 saturated carbocycles. The molecule has 3 atom stereocenters. The van der Waals surface area contributed by atoms with Crippen molar-refractivity contribution in [1.29, 1.82) is 0 Å². The first-order chi connectivity index (χ1) is 13.8. The summed E-state index contributed by atoms with van der Waals surface area (Å²) >= 11 is 0. The predicted molar refractivity (Wildman–Crippen MR) is 93.5 cm³/mol. The zero-order valence-corrected chi connectivity index (χ0v) is 15.6. The van der Waals surface area contributed by atoms with Crippen LogP contribution >= 0.6 is 0 Å². The van der Waals surface area contributed by atoms with E-state index in [9.17, 15) is 19.2 Å². The number of carbonyl (C=O) groups excluding carboxylic acids is 2. The number of rotatable bonds is 6. The molecule has 0 aromatic carbocycles. The first-order valence-electron chi connectivity index (χ1n) is 8.66. The monoisotopic (exact) mass is 409 g/mol. The van der Waals surface area contributed by atoms with Crippen LogP contribution in [-0.2, 0) is 30.4 Å². The van der Waals surface area contributed by atoms with Crippen molar-refractivity contribution in [2.24, 2.45) is 0 Å². The molecule has 2 aromatic heterocycles. The van der Waals surface area contributed by atoms with Gasteiger partial charge >= 0.3 is 17.6 Å². The Morgan fingerprint density at radius 3 is 2.72 bits per heavy atom. The molecule has 0 radical (unpaired) electrons. The Kier molecular flexibility index (Phi) is 5.94. The van der Waals surface area contributed by atoms with Gasteiger partial charge in [-0.05, 0) is 0 Å². The maximum Gasteiger partial charge on any atom is 0.330 e. The van der Waals surface area contributed by atoms with E-state index in [0.29, 0.717) is 0 Å². The fraction of sp³-hybridized carbons (Fsp3) is 0.471. The summed E-state index contributed by atoms with van der Waals surface area (Å²) in [6.07, 6.45) is -1.11. The van der Waals surface area contributed by atoms with Gasteiger partial charge in [0, 0.05) is 32.5 Å². The van der Waals surface area contributed by atoms with Crippen LogP contribution in [-0.4, -0.2) is 50.6 Å². The third kappa shape index (κ3) is 4.60. The number of aliphatic hydroxyl groups excluding tert-OH is 1. The molecule has 2 N–H and O–H groups in total. The molecule has 0 unspecified atom stereocenters. The second-order valence-corrected chi connectivity index (χ2v) is 6.36. The highest BCUT2D eigenvalue weighted by Crippen LogP contribution is 2.31. The van der Waals surface area contributed by atoms with Crippen molar-refractivity contribution in [2.45, 2.75) is 45.3 Å². The van der Waals surface area contributed by atoms with Gasteiger partial charge in [0.15, 0.2) is 5.76 Å². The SMILES string of the molecule is CC(=O)OC[C@H]1O[C@@H](n2cc(-c3cc(CO)on3)c(=O)[nH]c2=O)C[C@@H]1OC(C)=O. The van der Waals surface area contributed by atoms with E-state index in [0.717, 1.165) is 4.57 Å². The highest BCUT2D eigenvalue weighted by Gasteiger charge is 2.39. The molecule has 12 nitrogen and oxygen atoms in total. The van der Waals surface area contributed by atoms with Crippen molar-refractivity contribution >= 4 is 11.9 Å². The lowest BCUT2D eigenvalue weighted by Gasteiger charge is -2.17. The minimum absolute atomic E-state index is 0.0177. The highest BCUT2D eigenvalue weighted by molar-refractivity contribution is 5.66. The zero-order chi connectivity index (χ0) is 21.1. The standard InChI is InChI=1S/C17H19N3O9/c1-8(22)26-7-14-13(27-9(2)23)4-15(28-14)20-5-11(16(24)18-17(20)25)12-3-10(6-21)29-19-12/h3,5,13-15,21H,4,6-7H2,1-2H3,(H,18,24,25)/t13-,14+,15+/m0/s1. The Labute approximate surface area is 163 Å².